The highest BCUT2D eigenvalue weighted by Gasteiger charge is 2.43. The van der Waals surface area contributed by atoms with E-state index in [1.54, 1.807) is 7.11 Å². The van der Waals surface area contributed by atoms with Crippen molar-refractivity contribution in [2.45, 2.75) is 25.4 Å². The van der Waals surface area contributed by atoms with Gasteiger partial charge in [0.25, 0.3) is 0 Å². The van der Waals surface area contributed by atoms with Crippen LogP contribution in [0.25, 0.3) is 10.8 Å². The quantitative estimate of drug-likeness (QED) is 0.894. The van der Waals surface area contributed by atoms with Crippen molar-refractivity contribution >= 4 is 10.8 Å². The maximum atomic E-state index is 9.72. The third kappa shape index (κ3) is 1.77. The molecular formula is C16H18O2. The van der Waals surface area contributed by atoms with Crippen molar-refractivity contribution in [1.82, 2.24) is 0 Å². The normalized spacial score (nSPS) is 23.9. The number of aliphatic hydroxyl groups excluding tert-OH is 1. The Morgan fingerprint density at radius 2 is 2.00 bits per heavy atom. The van der Waals surface area contributed by atoms with Gasteiger partial charge in [0.2, 0.25) is 0 Å². The molecule has 0 unspecified atom stereocenters. The first-order chi connectivity index (χ1) is 8.72. The molecule has 3 rings (SSSR count). The number of benzene rings is 2. The molecule has 0 aromatic heterocycles. The molecule has 2 heteroatoms. The highest BCUT2D eigenvalue weighted by Crippen LogP contribution is 2.54. The van der Waals surface area contributed by atoms with Gasteiger partial charge in [0.1, 0.15) is 5.75 Å². The van der Waals surface area contributed by atoms with Gasteiger partial charge in [-0.3, -0.25) is 0 Å². The van der Waals surface area contributed by atoms with Crippen molar-refractivity contribution in [3.8, 4) is 5.75 Å². The number of aliphatic hydroxyl groups is 1. The smallest absolute Gasteiger partial charge is 0.122 e. The summed E-state index contributed by atoms with van der Waals surface area (Å²) < 4.78 is 5.50. The number of ether oxygens (including phenoxy) is 1. The first-order valence-electron chi connectivity index (χ1n) is 6.46. The molecule has 2 nitrogen and oxygen atoms in total. The summed E-state index contributed by atoms with van der Waals surface area (Å²) in [5, 5.41) is 12.2. The molecule has 0 radical (unpaired) electrons. The molecule has 1 aliphatic carbocycles. The van der Waals surface area contributed by atoms with E-state index < -0.39 is 0 Å². The maximum Gasteiger partial charge on any atom is 0.122 e. The van der Waals surface area contributed by atoms with E-state index in [1.807, 2.05) is 13.0 Å². The monoisotopic (exact) mass is 242 g/mol. The fourth-order valence-corrected chi connectivity index (χ4v) is 2.92. The lowest BCUT2D eigenvalue weighted by Crippen LogP contribution is -2.04. The van der Waals surface area contributed by atoms with E-state index in [0.717, 1.165) is 12.2 Å². The predicted octanol–water partition coefficient (Wildman–Crippen LogP) is 3.33. The maximum absolute atomic E-state index is 9.72. The Balaban J connectivity index is 2.14. The molecule has 0 aliphatic heterocycles. The van der Waals surface area contributed by atoms with Crippen LogP contribution < -0.4 is 4.74 Å². The van der Waals surface area contributed by atoms with Gasteiger partial charge in [-0.2, -0.15) is 0 Å². The Bertz CT molecular complexity index is 574. The number of hydrogen-bond donors (Lipinski definition) is 1. The van der Waals surface area contributed by atoms with E-state index in [1.165, 1.54) is 16.3 Å². The highest BCUT2D eigenvalue weighted by molar-refractivity contribution is 5.88. The lowest BCUT2D eigenvalue weighted by Gasteiger charge is -2.12. The van der Waals surface area contributed by atoms with Crippen LogP contribution in [0.5, 0.6) is 5.75 Å². The molecule has 0 saturated heterocycles. The van der Waals surface area contributed by atoms with Gasteiger partial charge in [-0.15, -0.1) is 0 Å². The zero-order chi connectivity index (χ0) is 12.7. The third-order valence-electron chi connectivity index (χ3n) is 3.98. The van der Waals surface area contributed by atoms with Crippen molar-refractivity contribution in [3.05, 3.63) is 42.0 Å². The van der Waals surface area contributed by atoms with Gasteiger partial charge in [0, 0.05) is 5.56 Å². The Morgan fingerprint density at radius 3 is 2.67 bits per heavy atom. The Morgan fingerprint density at radius 1 is 1.22 bits per heavy atom. The second-order valence-electron chi connectivity index (χ2n) is 5.15. The lowest BCUT2D eigenvalue weighted by atomic mass is 9.98. The topological polar surface area (TPSA) is 29.5 Å². The highest BCUT2D eigenvalue weighted by atomic mass is 16.5. The van der Waals surface area contributed by atoms with E-state index in [9.17, 15) is 5.11 Å². The summed E-state index contributed by atoms with van der Waals surface area (Å²) in [6.45, 7) is 1.88. The van der Waals surface area contributed by atoms with Crippen molar-refractivity contribution in [2.75, 3.05) is 7.11 Å². The molecule has 1 aliphatic rings. The van der Waals surface area contributed by atoms with Crippen molar-refractivity contribution in [1.29, 1.82) is 0 Å². The molecule has 0 amide bonds. The molecule has 2 aromatic rings. The minimum atomic E-state index is -0.237. The average Bonchev–Trinajstić information content (AvgIpc) is 3.17. The fraction of sp³-hybridized carbons (Fsp3) is 0.375. The minimum absolute atomic E-state index is 0.237. The predicted molar refractivity (Wildman–Crippen MR) is 73.0 cm³/mol. The second-order valence-corrected chi connectivity index (χ2v) is 5.15. The zero-order valence-corrected chi connectivity index (χ0v) is 10.8. The molecule has 2 aromatic carbocycles. The van der Waals surface area contributed by atoms with Gasteiger partial charge in [0.05, 0.1) is 13.2 Å². The molecule has 18 heavy (non-hydrogen) atoms. The summed E-state index contributed by atoms with van der Waals surface area (Å²) >= 11 is 0. The van der Waals surface area contributed by atoms with Crippen LogP contribution in [0.3, 0.4) is 0 Å². The summed E-state index contributed by atoms with van der Waals surface area (Å²) in [4.78, 5) is 0. The first-order valence-corrected chi connectivity index (χ1v) is 6.46. The molecule has 0 bridgehead atoms. The summed E-state index contributed by atoms with van der Waals surface area (Å²) in [6, 6.07) is 12.5. The molecule has 0 heterocycles. The molecule has 1 N–H and O–H groups in total. The summed E-state index contributed by atoms with van der Waals surface area (Å²) in [7, 11) is 1.72. The minimum Gasteiger partial charge on any atom is -0.496 e. The molecule has 3 atom stereocenters. The van der Waals surface area contributed by atoms with Gasteiger partial charge in [0.15, 0.2) is 0 Å². The van der Waals surface area contributed by atoms with Gasteiger partial charge >= 0.3 is 0 Å². The van der Waals surface area contributed by atoms with Crippen LogP contribution in [-0.4, -0.2) is 18.3 Å². The Labute approximate surface area is 107 Å². The van der Waals surface area contributed by atoms with E-state index in [0.29, 0.717) is 11.8 Å². The van der Waals surface area contributed by atoms with Gasteiger partial charge in [-0.25, -0.2) is 0 Å². The Hall–Kier alpha value is -1.54. The number of fused-ring (bicyclic) bond motifs is 1. The van der Waals surface area contributed by atoms with Gasteiger partial charge in [-0.05, 0) is 42.0 Å². The first kappa shape index (κ1) is 11.5. The van der Waals surface area contributed by atoms with Crippen LogP contribution >= 0.6 is 0 Å². The van der Waals surface area contributed by atoms with Crippen LogP contribution in [0.2, 0.25) is 0 Å². The number of methoxy groups -OCH3 is 1. The molecule has 94 valence electrons. The lowest BCUT2D eigenvalue weighted by molar-refractivity contribution is 0.168. The van der Waals surface area contributed by atoms with Crippen molar-refractivity contribution in [2.24, 2.45) is 5.92 Å². The van der Waals surface area contributed by atoms with E-state index in [4.69, 9.17) is 4.74 Å². The Kier molecular flexibility index (Phi) is 2.75. The van der Waals surface area contributed by atoms with Crippen molar-refractivity contribution < 1.29 is 9.84 Å². The van der Waals surface area contributed by atoms with Crippen LogP contribution in [0.15, 0.2) is 36.4 Å². The van der Waals surface area contributed by atoms with E-state index >= 15 is 0 Å². The molecule has 1 saturated carbocycles. The van der Waals surface area contributed by atoms with Crippen LogP contribution in [-0.2, 0) is 0 Å². The largest absolute Gasteiger partial charge is 0.496 e. The molecule has 1 fully saturated rings. The van der Waals surface area contributed by atoms with Gasteiger partial charge in [-0.1, -0.05) is 30.3 Å². The standard InChI is InChI=1S/C16H18O2/c1-10(17)13-9-14(13)16-12-6-4-3-5-11(12)7-8-15(16)18-2/h3-8,10,13-14,17H,9H2,1-2H3/t10-,13+,14-/m1/s1. The van der Waals surface area contributed by atoms with Crippen LogP contribution in [0.1, 0.15) is 24.8 Å². The van der Waals surface area contributed by atoms with E-state index in [-0.39, 0.29) is 6.10 Å². The average molecular weight is 242 g/mol. The third-order valence-corrected chi connectivity index (χ3v) is 3.98. The van der Waals surface area contributed by atoms with Crippen LogP contribution in [0.4, 0.5) is 0 Å². The number of hydrogen-bond acceptors (Lipinski definition) is 2. The zero-order valence-electron chi connectivity index (χ0n) is 10.8. The van der Waals surface area contributed by atoms with Crippen molar-refractivity contribution in [3.63, 3.8) is 0 Å². The molecular weight excluding hydrogens is 224 g/mol. The fourth-order valence-electron chi connectivity index (χ4n) is 2.92. The molecule has 0 spiro atoms. The van der Waals surface area contributed by atoms with Crippen LogP contribution in [0, 0.1) is 5.92 Å². The summed E-state index contributed by atoms with van der Waals surface area (Å²) in [5.74, 6) is 1.76. The second kappa shape index (κ2) is 4.29. The SMILES string of the molecule is COc1ccc2ccccc2c1[C@@H]1C[C@H]1[C@@H](C)O. The summed E-state index contributed by atoms with van der Waals surface area (Å²) in [6.07, 6.45) is 0.820. The number of rotatable bonds is 3. The van der Waals surface area contributed by atoms with Gasteiger partial charge < -0.3 is 9.84 Å². The summed E-state index contributed by atoms with van der Waals surface area (Å²) in [5.41, 5.74) is 1.27. The van der Waals surface area contributed by atoms with E-state index in [2.05, 4.69) is 30.3 Å².